The fourth-order valence-corrected chi connectivity index (χ4v) is 3.40. The zero-order chi connectivity index (χ0) is 20.3. The number of hydrogen-bond acceptors (Lipinski definition) is 5. The normalized spacial score (nSPS) is 16.2. The van der Waals surface area contributed by atoms with Gasteiger partial charge in [0.15, 0.2) is 0 Å². The summed E-state index contributed by atoms with van der Waals surface area (Å²) < 4.78 is 5.26. The first-order valence-electron chi connectivity index (χ1n) is 8.78. The third kappa shape index (κ3) is 3.77. The summed E-state index contributed by atoms with van der Waals surface area (Å²) in [4.78, 5) is 25.7. The van der Waals surface area contributed by atoms with Crippen LogP contribution in [0.5, 0.6) is 0 Å². The number of carbonyl (C=O) groups excluding carboxylic acids is 1. The monoisotopic (exact) mass is 398 g/mol. The lowest BCUT2D eigenvalue weighted by Crippen LogP contribution is -2.27. The molecule has 0 N–H and O–H groups in total. The Balaban J connectivity index is 2.12. The molecular weight excluding hydrogens is 380 g/mol. The molecule has 144 valence electrons. The van der Waals surface area contributed by atoms with Crippen molar-refractivity contribution in [1.82, 2.24) is 0 Å². The Kier molecular flexibility index (Phi) is 5.80. The predicted octanol–water partition coefficient (Wildman–Crippen LogP) is 5.20. The number of hydrogen-bond donors (Lipinski definition) is 0. The molecule has 0 saturated carbocycles. The van der Waals surface area contributed by atoms with E-state index >= 15 is 0 Å². The van der Waals surface area contributed by atoms with E-state index in [9.17, 15) is 14.9 Å². The molecule has 1 aliphatic heterocycles. The first-order chi connectivity index (χ1) is 13.4. The van der Waals surface area contributed by atoms with Crippen molar-refractivity contribution >= 4 is 28.9 Å². The van der Waals surface area contributed by atoms with E-state index in [0.29, 0.717) is 21.9 Å². The highest BCUT2D eigenvalue weighted by Gasteiger charge is 2.33. The molecule has 1 atom stereocenters. The van der Waals surface area contributed by atoms with E-state index in [1.54, 1.807) is 50.3 Å². The molecule has 1 heterocycles. The lowest BCUT2D eigenvalue weighted by molar-refractivity contribution is -0.385. The average molecular weight is 399 g/mol. The third-order valence-electron chi connectivity index (χ3n) is 4.56. The molecule has 0 amide bonds. The summed E-state index contributed by atoms with van der Waals surface area (Å²) in [6.45, 7) is 3.74. The fourth-order valence-electron chi connectivity index (χ4n) is 3.28. The topological polar surface area (TPSA) is 72.7 Å². The number of esters is 1. The summed E-state index contributed by atoms with van der Waals surface area (Å²) >= 11 is 5.97. The summed E-state index contributed by atoms with van der Waals surface area (Å²) in [7, 11) is 0. The Hall–Kier alpha value is -3.12. The van der Waals surface area contributed by atoms with Crippen LogP contribution in [0.4, 0.5) is 11.4 Å². The van der Waals surface area contributed by atoms with Gasteiger partial charge in [-0.05, 0) is 38.1 Å². The molecule has 0 saturated heterocycles. The summed E-state index contributed by atoms with van der Waals surface area (Å²) in [5, 5.41) is 12.1. The molecule has 0 aromatic heterocycles. The maximum absolute atomic E-state index is 12.8. The molecular formula is C21H19ClN2O4. The number of nitro groups is 1. The molecule has 2 aromatic rings. The fraction of sp³-hybridized carbons (Fsp3) is 0.190. The summed E-state index contributed by atoms with van der Waals surface area (Å²) in [6.07, 6.45) is 3.58. The molecule has 3 rings (SSSR count). The Morgan fingerprint density at radius 2 is 1.89 bits per heavy atom. The molecule has 7 heteroatoms. The van der Waals surface area contributed by atoms with E-state index in [1.165, 1.54) is 6.07 Å². The minimum atomic E-state index is -0.579. The molecule has 2 aromatic carbocycles. The van der Waals surface area contributed by atoms with Gasteiger partial charge in [0.2, 0.25) is 0 Å². The highest BCUT2D eigenvalue weighted by molar-refractivity contribution is 6.30. The van der Waals surface area contributed by atoms with Crippen LogP contribution >= 0.6 is 11.6 Å². The van der Waals surface area contributed by atoms with Gasteiger partial charge in [-0.1, -0.05) is 35.9 Å². The molecule has 0 aliphatic carbocycles. The van der Waals surface area contributed by atoms with E-state index in [4.69, 9.17) is 16.3 Å². The van der Waals surface area contributed by atoms with Crippen LogP contribution in [0.3, 0.4) is 0 Å². The maximum Gasteiger partial charge on any atom is 0.336 e. The van der Waals surface area contributed by atoms with Gasteiger partial charge >= 0.3 is 5.97 Å². The standard InChI is InChI=1S/C21H19ClN2O4/c1-3-28-21(25)20-14(2)23(16-10-8-15(22)9-11-16)13-12-18(20)17-6-4-5-7-19(17)24(26)27/h4-13,18H,3H2,1-2H3. The number of nitro benzene ring substituents is 1. The number of carbonyl (C=O) groups is 1. The number of anilines is 1. The molecule has 0 spiro atoms. The second-order valence-corrected chi connectivity index (χ2v) is 6.64. The molecule has 0 fully saturated rings. The number of rotatable bonds is 5. The summed E-state index contributed by atoms with van der Waals surface area (Å²) in [5.41, 5.74) is 2.24. The average Bonchev–Trinajstić information content (AvgIpc) is 2.68. The highest BCUT2D eigenvalue weighted by atomic mass is 35.5. The van der Waals surface area contributed by atoms with Crippen LogP contribution in [0, 0.1) is 10.1 Å². The van der Waals surface area contributed by atoms with Crippen molar-refractivity contribution in [3.63, 3.8) is 0 Å². The van der Waals surface area contributed by atoms with Crippen LogP contribution < -0.4 is 4.90 Å². The first kappa shape index (κ1) is 19.6. The van der Waals surface area contributed by atoms with E-state index in [2.05, 4.69) is 0 Å². The second-order valence-electron chi connectivity index (χ2n) is 6.20. The van der Waals surface area contributed by atoms with E-state index < -0.39 is 16.8 Å². The molecule has 6 nitrogen and oxygen atoms in total. The van der Waals surface area contributed by atoms with Crippen molar-refractivity contribution < 1.29 is 14.5 Å². The van der Waals surface area contributed by atoms with E-state index in [-0.39, 0.29) is 12.3 Å². The number of allylic oxidation sites excluding steroid dienone is 2. The number of ether oxygens (including phenoxy) is 1. The zero-order valence-corrected chi connectivity index (χ0v) is 16.2. The van der Waals surface area contributed by atoms with Gasteiger partial charge in [-0.2, -0.15) is 0 Å². The van der Waals surface area contributed by atoms with Gasteiger partial charge < -0.3 is 9.64 Å². The summed E-state index contributed by atoms with van der Waals surface area (Å²) in [5.74, 6) is -1.07. The Morgan fingerprint density at radius 3 is 2.54 bits per heavy atom. The second kappa shape index (κ2) is 8.27. The smallest absolute Gasteiger partial charge is 0.336 e. The molecule has 0 radical (unpaired) electrons. The lowest BCUT2D eigenvalue weighted by Gasteiger charge is -2.31. The highest BCUT2D eigenvalue weighted by Crippen LogP contribution is 2.39. The number of benzene rings is 2. The maximum atomic E-state index is 12.8. The van der Waals surface area contributed by atoms with Gasteiger partial charge in [-0.3, -0.25) is 10.1 Å². The largest absolute Gasteiger partial charge is 0.463 e. The minimum Gasteiger partial charge on any atom is -0.463 e. The molecule has 0 bridgehead atoms. The van der Waals surface area contributed by atoms with Crippen LogP contribution in [-0.2, 0) is 9.53 Å². The van der Waals surface area contributed by atoms with Gasteiger partial charge in [-0.15, -0.1) is 0 Å². The SMILES string of the molecule is CCOC(=O)C1=C(C)N(c2ccc(Cl)cc2)C=CC1c1ccccc1[N+](=O)[O-]. The van der Waals surface area contributed by atoms with E-state index in [0.717, 1.165) is 5.69 Å². The molecule has 28 heavy (non-hydrogen) atoms. The van der Waals surface area contributed by atoms with E-state index in [1.807, 2.05) is 23.2 Å². The van der Waals surface area contributed by atoms with Crippen molar-refractivity contribution in [2.75, 3.05) is 11.5 Å². The number of nitrogens with zero attached hydrogens (tertiary/aromatic N) is 2. The lowest BCUT2D eigenvalue weighted by atomic mass is 9.86. The Morgan fingerprint density at radius 1 is 1.21 bits per heavy atom. The summed E-state index contributed by atoms with van der Waals surface area (Å²) in [6, 6.07) is 13.6. The van der Waals surface area contributed by atoms with Gasteiger partial charge in [0.25, 0.3) is 5.69 Å². The Bertz CT molecular complexity index is 967. The van der Waals surface area contributed by atoms with Gasteiger partial charge in [0, 0.05) is 40.2 Å². The molecule has 1 aliphatic rings. The quantitative estimate of drug-likeness (QED) is 0.393. The van der Waals surface area contributed by atoms with Gasteiger partial charge in [-0.25, -0.2) is 4.79 Å². The van der Waals surface area contributed by atoms with Crippen LogP contribution in [0.25, 0.3) is 0 Å². The van der Waals surface area contributed by atoms with Crippen LogP contribution in [0.1, 0.15) is 25.3 Å². The van der Waals surface area contributed by atoms with Crippen LogP contribution in [0.15, 0.2) is 72.1 Å². The number of halogens is 1. The third-order valence-corrected chi connectivity index (χ3v) is 4.81. The molecule has 1 unspecified atom stereocenters. The zero-order valence-electron chi connectivity index (χ0n) is 15.5. The van der Waals surface area contributed by atoms with Crippen molar-refractivity contribution in [3.05, 3.63) is 92.8 Å². The predicted molar refractivity (Wildman–Crippen MR) is 108 cm³/mol. The van der Waals surface area contributed by atoms with Crippen LogP contribution in [0.2, 0.25) is 5.02 Å². The van der Waals surface area contributed by atoms with Gasteiger partial charge in [0.1, 0.15) is 0 Å². The number of para-hydroxylation sites is 1. The minimum absolute atomic E-state index is 0.0355. The van der Waals surface area contributed by atoms with Crippen molar-refractivity contribution in [2.45, 2.75) is 19.8 Å². The van der Waals surface area contributed by atoms with Crippen molar-refractivity contribution in [3.8, 4) is 0 Å². The van der Waals surface area contributed by atoms with Crippen molar-refractivity contribution in [2.24, 2.45) is 0 Å². The van der Waals surface area contributed by atoms with Crippen LogP contribution in [-0.4, -0.2) is 17.5 Å². The van der Waals surface area contributed by atoms with Crippen molar-refractivity contribution in [1.29, 1.82) is 0 Å². The first-order valence-corrected chi connectivity index (χ1v) is 9.16. The van der Waals surface area contributed by atoms with Gasteiger partial charge in [0.05, 0.1) is 17.1 Å². The Labute approximate surface area is 167 Å².